The number of ether oxygens (including phenoxy) is 1. The van der Waals surface area contributed by atoms with E-state index in [1.165, 1.54) is 0 Å². The Labute approximate surface area is 96.2 Å². The van der Waals surface area contributed by atoms with Gasteiger partial charge in [-0.05, 0) is 13.3 Å². The second-order valence-electron chi connectivity index (χ2n) is 4.51. The van der Waals surface area contributed by atoms with E-state index in [0.29, 0.717) is 12.8 Å². The van der Waals surface area contributed by atoms with Crippen molar-refractivity contribution in [3.05, 3.63) is 18.0 Å². The van der Waals surface area contributed by atoms with Crippen LogP contribution < -0.4 is 0 Å². The highest BCUT2D eigenvalue weighted by atomic mass is 16.5. The molecule has 1 fully saturated rings. The molecule has 4 heteroatoms. The van der Waals surface area contributed by atoms with Crippen molar-refractivity contribution in [3.8, 4) is 0 Å². The van der Waals surface area contributed by atoms with Crippen LogP contribution in [0.3, 0.4) is 0 Å². The summed E-state index contributed by atoms with van der Waals surface area (Å²) >= 11 is 0. The number of rotatable bonds is 5. The van der Waals surface area contributed by atoms with Crippen LogP contribution >= 0.6 is 0 Å². The maximum absolute atomic E-state index is 10.3. The molecule has 1 aromatic rings. The van der Waals surface area contributed by atoms with Gasteiger partial charge in [0.05, 0.1) is 17.9 Å². The molecule has 1 N–H and O–H groups in total. The van der Waals surface area contributed by atoms with Crippen molar-refractivity contribution in [1.29, 1.82) is 0 Å². The third-order valence-corrected chi connectivity index (χ3v) is 3.16. The quantitative estimate of drug-likeness (QED) is 0.827. The highest BCUT2D eigenvalue weighted by Gasteiger charge is 2.45. The van der Waals surface area contributed by atoms with Crippen molar-refractivity contribution < 1.29 is 9.84 Å². The lowest BCUT2D eigenvalue weighted by Crippen LogP contribution is -2.45. The van der Waals surface area contributed by atoms with Gasteiger partial charge in [-0.15, -0.1) is 0 Å². The SMILES string of the molecule is CCCn1cc(C2(O)CC(OCC)C2)cn1. The monoisotopic (exact) mass is 224 g/mol. The van der Waals surface area contributed by atoms with Gasteiger partial charge in [0, 0.05) is 37.8 Å². The second kappa shape index (κ2) is 4.55. The first kappa shape index (κ1) is 11.6. The van der Waals surface area contributed by atoms with Gasteiger partial charge in [0.15, 0.2) is 0 Å². The molecule has 0 spiro atoms. The summed E-state index contributed by atoms with van der Waals surface area (Å²) in [6.07, 6.45) is 6.38. The van der Waals surface area contributed by atoms with Crippen molar-refractivity contribution in [1.82, 2.24) is 9.78 Å². The van der Waals surface area contributed by atoms with Crippen LogP contribution in [0, 0.1) is 0 Å². The lowest BCUT2D eigenvalue weighted by atomic mass is 9.74. The van der Waals surface area contributed by atoms with Gasteiger partial charge in [0.1, 0.15) is 0 Å². The minimum absolute atomic E-state index is 0.213. The molecule has 0 saturated heterocycles. The lowest BCUT2D eigenvalue weighted by molar-refractivity contribution is -0.142. The van der Waals surface area contributed by atoms with Gasteiger partial charge in [0.25, 0.3) is 0 Å². The minimum atomic E-state index is -0.703. The summed E-state index contributed by atoms with van der Waals surface area (Å²) in [7, 11) is 0. The van der Waals surface area contributed by atoms with Crippen LogP contribution in [0.25, 0.3) is 0 Å². The number of hydrogen-bond donors (Lipinski definition) is 1. The Morgan fingerprint density at radius 3 is 2.94 bits per heavy atom. The van der Waals surface area contributed by atoms with E-state index < -0.39 is 5.60 Å². The van der Waals surface area contributed by atoms with E-state index in [4.69, 9.17) is 4.74 Å². The van der Waals surface area contributed by atoms with Crippen molar-refractivity contribution in [2.45, 2.75) is 51.4 Å². The van der Waals surface area contributed by atoms with Gasteiger partial charge in [-0.3, -0.25) is 4.68 Å². The molecule has 0 radical (unpaired) electrons. The average molecular weight is 224 g/mol. The van der Waals surface area contributed by atoms with E-state index in [1.807, 2.05) is 17.8 Å². The summed E-state index contributed by atoms with van der Waals surface area (Å²) in [6.45, 7) is 5.72. The van der Waals surface area contributed by atoms with Crippen LogP contribution in [0.4, 0.5) is 0 Å². The van der Waals surface area contributed by atoms with Crippen LogP contribution in [0.15, 0.2) is 12.4 Å². The summed E-state index contributed by atoms with van der Waals surface area (Å²) in [4.78, 5) is 0. The first-order valence-corrected chi connectivity index (χ1v) is 6.05. The standard InChI is InChI=1S/C12H20N2O2/c1-3-5-14-9-10(8-13-14)12(15)6-11(7-12)16-4-2/h8-9,11,15H,3-7H2,1-2H3. The van der Waals surface area contributed by atoms with Crippen LogP contribution in [-0.2, 0) is 16.9 Å². The molecule has 1 heterocycles. The van der Waals surface area contributed by atoms with E-state index >= 15 is 0 Å². The summed E-state index contributed by atoms with van der Waals surface area (Å²) in [5.74, 6) is 0. The number of aryl methyl sites for hydroxylation is 1. The predicted octanol–water partition coefficient (Wildman–Crippen LogP) is 1.68. The second-order valence-corrected chi connectivity index (χ2v) is 4.51. The molecule has 90 valence electrons. The molecule has 0 aromatic carbocycles. The molecule has 0 amide bonds. The highest BCUT2D eigenvalue weighted by Crippen LogP contribution is 2.42. The zero-order chi connectivity index (χ0) is 11.6. The maximum Gasteiger partial charge on any atom is 0.0976 e. The number of aromatic nitrogens is 2. The Morgan fingerprint density at radius 1 is 1.56 bits per heavy atom. The van der Waals surface area contributed by atoms with Crippen LogP contribution in [-0.4, -0.2) is 27.6 Å². The Balaban J connectivity index is 1.96. The van der Waals surface area contributed by atoms with E-state index in [2.05, 4.69) is 12.0 Å². The topological polar surface area (TPSA) is 47.3 Å². The normalized spacial score (nSPS) is 29.1. The molecular formula is C12H20N2O2. The fourth-order valence-electron chi connectivity index (χ4n) is 2.24. The summed E-state index contributed by atoms with van der Waals surface area (Å²) in [5, 5.41) is 14.6. The molecular weight excluding hydrogens is 204 g/mol. The average Bonchev–Trinajstić information content (AvgIpc) is 2.65. The first-order chi connectivity index (χ1) is 7.68. The summed E-state index contributed by atoms with van der Waals surface area (Å²) in [6, 6.07) is 0. The summed E-state index contributed by atoms with van der Waals surface area (Å²) < 4.78 is 7.35. The fraction of sp³-hybridized carbons (Fsp3) is 0.750. The Kier molecular flexibility index (Phi) is 3.30. The third-order valence-electron chi connectivity index (χ3n) is 3.16. The largest absolute Gasteiger partial charge is 0.385 e. The van der Waals surface area contributed by atoms with Crippen molar-refractivity contribution in [2.75, 3.05) is 6.61 Å². The fourth-order valence-corrected chi connectivity index (χ4v) is 2.24. The van der Waals surface area contributed by atoms with Gasteiger partial charge in [-0.2, -0.15) is 5.10 Å². The molecule has 1 aliphatic rings. The third kappa shape index (κ3) is 2.13. The van der Waals surface area contributed by atoms with Gasteiger partial charge >= 0.3 is 0 Å². The molecule has 1 saturated carbocycles. The molecule has 2 rings (SSSR count). The Morgan fingerprint density at radius 2 is 2.31 bits per heavy atom. The minimum Gasteiger partial charge on any atom is -0.385 e. The lowest BCUT2D eigenvalue weighted by Gasteiger charge is -2.42. The summed E-state index contributed by atoms with van der Waals surface area (Å²) in [5.41, 5.74) is 0.225. The highest BCUT2D eigenvalue weighted by molar-refractivity contribution is 5.20. The first-order valence-electron chi connectivity index (χ1n) is 6.05. The zero-order valence-electron chi connectivity index (χ0n) is 10.0. The van der Waals surface area contributed by atoms with Crippen LogP contribution in [0.2, 0.25) is 0 Å². The Hall–Kier alpha value is -0.870. The molecule has 0 unspecified atom stereocenters. The molecule has 4 nitrogen and oxygen atoms in total. The van der Waals surface area contributed by atoms with Crippen LogP contribution in [0.1, 0.15) is 38.7 Å². The van der Waals surface area contributed by atoms with Crippen LogP contribution in [0.5, 0.6) is 0 Å². The molecule has 0 bridgehead atoms. The van der Waals surface area contributed by atoms with Gasteiger partial charge in [-0.1, -0.05) is 6.92 Å². The molecule has 0 atom stereocenters. The van der Waals surface area contributed by atoms with E-state index in [-0.39, 0.29) is 6.10 Å². The molecule has 16 heavy (non-hydrogen) atoms. The molecule has 0 aliphatic heterocycles. The maximum atomic E-state index is 10.3. The van der Waals surface area contributed by atoms with Crippen molar-refractivity contribution in [3.63, 3.8) is 0 Å². The van der Waals surface area contributed by atoms with Crippen molar-refractivity contribution in [2.24, 2.45) is 0 Å². The van der Waals surface area contributed by atoms with Gasteiger partial charge in [-0.25, -0.2) is 0 Å². The van der Waals surface area contributed by atoms with E-state index in [9.17, 15) is 5.11 Å². The predicted molar refractivity (Wildman–Crippen MR) is 61.1 cm³/mol. The molecule has 1 aliphatic carbocycles. The smallest absolute Gasteiger partial charge is 0.0976 e. The number of nitrogens with zero attached hydrogens (tertiary/aromatic N) is 2. The number of aliphatic hydroxyl groups is 1. The molecule has 1 aromatic heterocycles. The van der Waals surface area contributed by atoms with Crippen molar-refractivity contribution >= 4 is 0 Å². The van der Waals surface area contributed by atoms with E-state index in [1.54, 1.807) is 6.20 Å². The van der Waals surface area contributed by atoms with Gasteiger partial charge < -0.3 is 9.84 Å². The zero-order valence-corrected chi connectivity index (χ0v) is 10.0. The Bertz CT molecular complexity index is 343. The van der Waals surface area contributed by atoms with E-state index in [0.717, 1.165) is 25.1 Å². The van der Waals surface area contributed by atoms with Gasteiger partial charge in [0.2, 0.25) is 0 Å². The number of hydrogen-bond acceptors (Lipinski definition) is 3.